The number of sulfonamides is 1. The molecule has 7 nitrogen and oxygen atoms in total. The molecule has 0 bridgehead atoms. The summed E-state index contributed by atoms with van der Waals surface area (Å²) < 4.78 is 43.0. The lowest BCUT2D eigenvalue weighted by molar-refractivity contribution is -0.118. The lowest BCUT2D eigenvalue weighted by Gasteiger charge is -2.21. The second-order valence-electron chi connectivity index (χ2n) is 7.84. The SMILES string of the molecule is O=C1CCc2cc(S(=O)(=O)NC(Cc3ccccc3)C(=O)Nc3ccc(Cl)cc3F)ccc2N1. The van der Waals surface area contributed by atoms with Gasteiger partial charge < -0.3 is 10.6 Å². The number of anilines is 2. The number of hydrogen-bond donors (Lipinski definition) is 3. The number of carbonyl (C=O) groups excluding carboxylic acids is 2. The number of rotatable bonds is 7. The molecule has 3 N–H and O–H groups in total. The highest BCUT2D eigenvalue weighted by molar-refractivity contribution is 7.89. The molecule has 34 heavy (non-hydrogen) atoms. The van der Waals surface area contributed by atoms with Crippen molar-refractivity contribution in [2.24, 2.45) is 0 Å². The molecule has 1 unspecified atom stereocenters. The molecule has 10 heteroatoms. The van der Waals surface area contributed by atoms with Crippen molar-refractivity contribution in [3.05, 3.63) is 88.7 Å². The highest BCUT2D eigenvalue weighted by Crippen LogP contribution is 2.26. The van der Waals surface area contributed by atoms with Crippen LogP contribution in [0.3, 0.4) is 0 Å². The largest absolute Gasteiger partial charge is 0.326 e. The minimum atomic E-state index is -4.12. The molecule has 1 aliphatic rings. The third-order valence-corrected chi connectivity index (χ3v) is 7.07. The predicted octanol–water partition coefficient (Wildman–Crippen LogP) is 3.89. The van der Waals surface area contributed by atoms with Gasteiger partial charge in [0.05, 0.1) is 10.6 Å². The van der Waals surface area contributed by atoms with Gasteiger partial charge in [0, 0.05) is 17.1 Å². The van der Waals surface area contributed by atoms with Crippen LogP contribution in [0.1, 0.15) is 17.5 Å². The van der Waals surface area contributed by atoms with Gasteiger partial charge in [-0.05, 0) is 60.4 Å². The number of fused-ring (bicyclic) bond motifs is 1. The summed E-state index contributed by atoms with van der Waals surface area (Å²) in [6, 6.07) is 15.8. The smallest absolute Gasteiger partial charge is 0.242 e. The highest BCUT2D eigenvalue weighted by atomic mass is 35.5. The Kier molecular flexibility index (Phi) is 6.97. The maximum Gasteiger partial charge on any atom is 0.242 e. The van der Waals surface area contributed by atoms with E-state index >= 15 is 0 Å². The third kappa shape index (κ3) is 5.61. The van der Waals surface area contributed by atoms with Crippen molar-refractivity contribution in [1.29, 1.82) is 0 Å². The summed E-state index contributed by atoms with van der Waals surface area (Å²) >= 11 is 5.77. The van der Waals surface area contributed by atoms with Crippen molar-refractivity contribution < 1.29 is 22.4 Å². The van der Waals surface area contributed by atoms with Crippen molar-refractivity contribution in [2.75, 3.05) is 10.6 Å². The molecule has 1 aliphatic heterocycles. The van der Waals surface area contributed by atoms with Crippen LogP contribution in [-0.2, 0) is 32.5 Å². The van der Waals surface area contributed by atoms with Crippen molar-refractivity contribution >= 4 is 44.8 Å². The maximum atomic E-state index is 14.2. The number of benzene rings is 3. The van der Waals surface area contributed by atoms with Gasteiger partial charge in [0.1, 0.15) is 11.9 Å². The van der Waals surface area contributed by atoms with E-state index in [0.29, 0.717) is 17.7 Å². The Hall–Kier alpha value is -3.27. The van der Waals surface area contributed by atoms with Crippen LogP contribution in [0, 0.1) is 5.82 Å². The van der Waals surface area contributed by atoms with Gasteiger partial charge in [-0.1, -0.05) is 41.9 Å². The molecule has 176 valence electrons. The molecule has 0 saturated heterocycles. The van der Waals surface area contributed by atoms with Crippen molar-refractivity contribution in [3.8, 4) is 0 Å². The molecule has 3 aromatic rings. The van der Waals surface area contributed by atoms with Gasteiger partial charge in [-0.15, -0.1) is 0 Å². The average molecular weight is 502 g/mol. The first kappa shape index (κ1) is 23.9. The Morgan fingerprint density at radius 3 is 2.56 bits per heavy atom. The topological polar surface area (TPSA) is 104 Å². The van der Waals surface area contributed by atoms with E-state index in [2.05, 4.69) is 15.4 Å². The van der Waals surface area contributed by atoms with Crippen LogP contribution in [0.15, 0.2) is 71.6 Å². The number of hydrogen-bond acceptors (Lipinski definition) is 4. The normalized spacial score (nSPS) is 14.1. The van der Waals surface area contributed by atoms with Crippen LogP contribution in [0.4, 0.5) is 15.8 Å². The van der Waals surface area contributed by atoms with Crippen LogP contribution in [-0.4, -0.2) is 26.3 Å². The Morgan fingerprint density at radius 2 is 1.82 bits per heavy atom. The van der Waals surface area contributed by atoms with Crippen LogP contribution in [0.25, 0.3) is 0 Å². The molecule has 1 heterocycles. The van der Waals surface area contributed by atoms with Crippen LogP contribution < -0.4 is 15.4 Å². The minimum absolute atomic E-state index is 0.0362. The number of aryl methyl sites for hydroxylation is 1. The van der Waals surface area contributed by atoms with Gasteiger partial charge in [-0.2, -0.15) is 4.72 Å². The molecule has 2 amide bonds. The van der Waals surface area contributed by atoms with Crippen molar-refractivity contribution in [2.45, 2.75) is 30.2 Å². The standard InChI is InChI=1S/C24H21ClFN3O4S/c25-17-7-9-21(19(26)14-17)28-24(31)22(12-15-4-2-1-3-5-15)29-34(32,33)18-8-10-20-16(13-18)6-11-23(30)27-20/h1-5,7-10,13-14,22,29H,6,11-12H2,(H,27,30)(H,28,31). The van der Waals surface area contributed by atoms with E-state index in [1.807, 2.05) is 0 Å². The van der Waals surface area contributed by atoms with E-state index in [4.69, 9.17) is 11.6 Å². The molecule has 3 aromatic carbocycles. The van der Waals surface area contributed by atoms with Gasteiger partial charge in [-0.25, -0.2) is 12.8 Å². The lowest BCUT2D eigenvalue weighted by atomic mass is 10.0. The van der Waals surface area contributed by atoms with Crippen molar-refractivity contribution in [1.82, 2.24) is 4.72 Å². The van der Waals surface area contributed by atoms with Gasteiger partial charge in [-0.3, -0.25) is 9.59 Å². The van der Waals surface area contributed by atoms with Gasteiger partial charge in [0.15, 0.2) is 0 Å². The molecular weight excluding hydrogens is 481 g/mol. The fourth-order valence-corrected chi connectivity index (χ4v) is 5.04. The first-order chi connectivity index (χ1) is 16.2. The number of amides is 2. The zero-order valence-electron chi connectivity index (χ0n) is 17.8. The predicted molar refractivity (Wildman–Crippen MR) is 128 cm³/mol. The number of carbonyl (C=O) groups is 2. The van der Waals surface area contributed by atoms with E-state index < -0.39 is 27.8 Å². The van der Waals surface area contributed by atoms with E-state index in [1.54, 1.807) is 30.3 Å². The molecule has 1 atom stereocenters. The second-order valence-corrected chi connectivity index (χ2v) is 9.99. The Balaban J connectivity index is 1.60. The molecular formula is C24H21ClFN3O4S. The maximum absolute atomic E-state index is 14.2. The van der Waals surface area contributed by atoms with E-state index in [-0.39, 0.29) is 34.4 Å². The summed E-state index contributed by atoms with van der Waals surface area (Å²) in [7, 11) is -4.12. The molecule has 0 aliphatic carbocycles. The lowest BCUT2D eigenvalue weighted by Crippen LogP contribution is -2.45. The molecule has 0 radical (unpaired) electrons. The first-order valence-electron chi connectivity index (χ1n) is 10.5. The Morgan fingerprint density at radius 1 is 1.06 bits per heavy atom. The summed E-state index contributed by atoms with van der Waals surface area (Å²) in [6.07, 6.45) is 0.714. The van der Waals surface area contributed by atoms with Gasteiger partial charge in [0.25, 0.3) is 0 Å². The molecule has 4 rings (SSSR count). The summed E-state index contributed by atoms with van der Waals surface area (Å²) in [4.78, 5) is 24.6. The van der Waals surface area contributed by atoms with Gasteiger partial charge >= 0.3 is 0 Å². The zero-order chi connectivity index (χ0) is 24.3. The Bertz CT molecular complexity index is 1350. The highest BCUT2D eigenvalue weighted by Gasteiger charge is 2.28. The second kappa shape index (κ2) is 9.92. The van der Waals surface area contributed by atoms with Crippen molar-refractivity contribution in [3.63, 3.8) is 0 Å². The van der Waals surface area contributed by atoms with Crippen LogP contribution in [0.2, 0.25) is 5.02 Å². The average Bonchev–Trinajstić information content (AvgIpc) is 2.80. The summed E-state index contributed by atoms with van der Waals surface area (Å²) in [5.41, 5.74) is 1.85. The molecule has 0 fully saturated rings. The van der Waals surface area contributed by atoms with Crippen LogP contribution >= 0.6 is 11.6 Å². The summed E-state index contributed by atoms with van der Waals surface area (Å²) in [6.45, 7) is 0. The number of nitrogens with one attached hydrogen (secondary N) is 3. The first-order valence-corrected chi connectivity index (χ1v) is 12.3. The molecule has 0 spiro atoms. The minimum Gasteiger partial charge on any atom is -0.326 e. The van der Waals surface area contributed by atoms with Crippen LogP contribution in [0.5, 0.6) is 0 Å². The summed E-state index contributed by atoms with van der Waals surface area (Å²) in [5, 5.41) is 5.31. The fraction of sp³-hybridized carbons (Fsp3) is 0.167. The van der Waals surface area contributed by atoms with Gasteiger partial charge in [0.2, 0.25) is 21.8 Å². The molecule has 0 aromatic heterocycles. The zero-order valence-corrected chi connectivity index (χ0v) is 19.4. The van der Waals surface area contributed by atoms with E-state index in [1.165, 1.54) is 30.3 Å². The van der Waals surface area contributed by atoms with E-state index in [9.17, 15) is 22.4 Å². The van der Waals surface area contributed by atoms with E-state index in [0.717, 1.165) is 11.6 Å². The fourth-order valence-electron chi connectivity index (χ4n) is 3.63. The number of halogens is 2. The molecule has 0 saturated carbocycles. The Labute approximate surface area is 201 Å². The monoisotopic (exact) mass is 501 g/mol. The summed E-state index contributed by atoms with van der Waals surface area (Å²) in [5.74, 6) is -1.59. The third-order valence-electron chi connectivity index (χ3n) is 5.37. The quantitative estimate of drug-likeness (QED) is 0.457.